The minimum absolute atomic E-state index is 0. The van der Waals surface area contributed by atoms with Crippen LogP contribution in [0.3, 0.4) is 0 Å². The topological polar surface area (TPSA) is 0 Å². The van der Waals surface area contributed by atoms with Crippen LogP contribution in [0.15, 0.2) is 18.2 Å². The van der Waals surface area contributed by atoms with Crippen molar-refractivity contribution in [2.24, 2.45) is 0 Å². The molecule has 0 amide bonds. The molecule has 0 aromatic rings. The molecule has 0 aromatic carbocycles. The molecule has 0 unspecified atom stereocenters. The van der Waals surface area contributed by atoms with Gasteiger partial charge in [0.1, 0.15) is 0 Å². The monoisotopic (exact) mass is 183 g/mol. The second kappa shape index (κ2) is 12.8. The number of allylic oxidation sites excluding steroid dienone is 4. The van der Waals surface area contributed by atoms with Gasteiger partial charge in [-0.25, -0.2) is 12.2 Å². The first-order chi connectivity index (χ1) is 4.91. The fraction of sp³-hybridized carbons (Fsp3) is 0.429. The predicted octanol–water partition coefficient (Wildman–Crippen LogP) is 1.13. The van der Waals surface area contributed by atoms with E-state index >= 15 is 0 Å². The van der Waals surface area contributed by atoms with E-state index < -0.39 is 0 Å². The maximum atomic E-state index is 4.96. The van der Waals surface area contributed by atoms with E-state index in [1.807, 2.05) is 26.2 Å². The van der Waals surface area contributed by atoms with E-state index in [1.165, 1.54) is 0 Å². The number of hydrogen-bond acceptors (Lipinski definition) is 0. The van der Waals surface area contributed by atoms with Crippen LogP contribution in [0.5, 0.6) is 0 Å². The van der Waals surface area contributed by atoms with Crippen LogP contribution in [0.2, 0.25) is 6.32 Å². The van der Waals surface area contributed by atoms with Gasteiger partial charge in [0.15, 0.2) is 0 Å². The van der Waals surface area contributed by atoms with Crippen molar-refractivity contribution in [3.05, 3.63) is 24.3 Å². The Morgan fingerprint density at radius 3 is 2.45 bits per heavy atom. The van der Waals surface area contributed by atoms with Crippen molar-refractivity contribution in [1.82, 2.24) is 0 Å². The Morgan fingerprint density at radius 1 is 1.64 bits per heavy atom. The van der Waals surface area contributed by atoms with Gasteiger partial charge in [-0.15, -0.1) is 6.42 Å². The molecule has 0 saturated carbocycles. The van der Waals surface area contributed by atoms with Crippen LogP contribution >= 0.6 is 0 Å². The Morgan fingerprint density at radius 2 is 2.36 bits per heavy atom. The third-order valence-corrected chi connectivity index (χ3v) is 0.958. The fourth-order valence-electron chi connectivity index (χ4n) is 0.476. The molecular weight excluding hydrogens is 172 g/mol. The van der Waals surface area contributed by atoms with Crippen LogP contribution in [-0.4, -0.2) is 22.0 Å². The van der Waals surface area contributed by atoms with E-state index in [0.29, 0.717) is 0 Å². The zero-order valence-electron chi connectivity index (χ0n) is 6.73. The first-order valence-corrected chi connectivity index (χ1v) is 3.50. The quantitative estimate of drug-likeness (QED) is 0.444. The molecule has 11 heavy (non-hydrogen) atoms. The summed E-state index contributed by atoms with van der Waals surface area (Å²) in [5.74, 6) is 0. The molecule has 0 aliphatic heterocycles. The maximum absolute atomic E-state index is 4.96. The van der Waals surface area contributed by atoms with Crippen molar-refractivity contribution >= 4 is 22.0 Å². The van der Waals surface area contributed by atoms with E-state index in [2.05, 4.69) is 12.2 Å². The van der Waals surface area contributed by atoms with Crippen molar-refractivity contribution in [3.8, 4) is 0 Å². The molecule has 1 aliphatic carbocycles. The molecule has 4 heteroatoms. The van der Waals surface area contributed by atoms with Crippen molar-refractivity contribution in [2.45, 2.75) is 19.7 Å². The molecule has 0 saturated heterocycles. The van der Waals surface area contributed by atoms with Gasteiger partial charge in [-0.3, -0.25) is 6.08 Å². The average Bonchev–Trinajstić information content (AvgIpc) is 2.44. The van der Waals surface area contributed by atoms with Gasteiger partial charge in [0, 0.05) is 31.9 Å². The molecule has 0 atom stereocenters. The van der Waals surface area contributed by atoms with Crippen LogP contribution < -0.4 is 0 Å². The Bertz CT molecular complexity index is 100. The summed E-state index contributed by atoms with van der Waals surface area (Å²) in [6.45, 7) is 2.04. The fourth-order valence-corrected chi connectivity index (χ4v) is 0.476. The molecule has 0 N–H and O–H groups in total. The summed E-state index contributed by atoms with van der Waals surface area (Å²) in [7, 11) is 8.42. The standard InChI is InChI=1S/C5H5.C2H5B3.Fe/c1-2-4-5-3-1;1-2-4-5-3;/h1-3H,4H2;2H2,1H3;/q-1;;. The average molecular weight is 182 g/mol. The smallest absolute Gasteiger partial charge is 0.0541 e. The first-order valence-electron chi connectivity index (χ1n) is 3.50. The van der Waals surface area contributed by atoms with Crippen molar-refractivity contribution in [3.63, 3.8) is 0 Å². The van der Waals surface area contributed by atoms with E-state index in [9.17, 15) is 0 Å². The molecule has 56 valence electrons. The molecular formula is C7H10B3Fe-. The second-order valence-electron chi connectivity index (χ2n) is 1.84. The third kappa shape index (κ3) is 13.2. The van der Waals surface area contributed by atoms with Crippen molar-refractivity contribution < 1.29 is 17.1 Å². The van der Waals surface area contributed by atoms with Gasteiger partial charge in [-0.05, 0) is 0 Å². The number of hydrogen-bond donors (Lipinski definition) is 0. The third-order valence-electron chi connectivity index (χ3n) is 0.958. The molecule has 4 radical (unpaired) electrons. The van der Waals surface area contributed by atoms with Crippen molar-refractivity contribution in [2.75, 3.05) is 0 Å². The molecule has 0 fully saturated rings. The molecule has 0 nitrogen and oxygen atoms in total. The van der Waals surface area contributed by atoms with Gasteiger partial charge in [0.05, 0.1) is 7.17 Å². The normalized spacial score (nSPS) is 11.0. The summed E-state index contributed by atoms with van der Waals surface area (Å²) >= 11 is 0. The maximum Gasteiger partial charge on any atom is 0.0541 e. The van der Waals surface area contributed by atoms with E-state index in [4.69, 9.17) is 7.74 Å². The summed E-state index contributed by atoms with van der Waals surface area (Å²) in [6.07, 6.45) is 11.0. The molecule has 0 spiro atoms. The van der Waals surface area contributed by atoms with Gasteiger partial charge < -0.3 is 0 Å². The molecule has 0 bridgehead atoms. The molecule has 0 heterocycles. The van der Waals surface area contributed by atoms with Gasteiger partial charge in [0.25, 0.3) is 0 Å². The van der Waals surface area contributed by atoms with Crippen LogP contribution in [0.25, 0.3) is 0 Å². The minimum atomic E-state index is 0. The van der Waals surface area contributed by atoms with Crippen LogP contribution in [-0.2, 0) is 17.1 Å². The van der Waals surface area contributed by atoms with Crippen molar-refractivity contribution in [1.29, 1.82) is 0 Å². The van der Waals surface area contributed by atoms with Gasteiger partial charge in [-0.2, -0.15) is 6.08 Å². The Hall–Kier alpha value is 0.194. The van der Waals surface area contributed by atoms with Gasteiger partial charge in [0.2, 0.25) is 0 Å². The molecule has 1 rings (SSSR count). The zero-order valence-corrected chi connectivity index (χ0v) is 7.84. The largest absolute Gasteiger partial charge is 0.273 e. The Kier molecular flexibility index (Phi) is 16.1. The van der Waals surface area contributed by atoms with Crippen LogP contribution in [0.1, 0.15) is 13.3 Å². The minimum Gasteiger partial charge on any atom is -0.273 e. The van der Waals surface area contributed by atoms with Gasteiger partial charge >= 0.3 is 0 Å². The summed E-state index contributed by atoms with van der Waals surface area (Å²) in [6, 6.07) is 0. The summed E-state index contributed by atoms with van der Waals surface area (Å²) in [5.41, 5.74) is 0. The molecule has 1 aliphatic rings. The van der Waals surface area contributed by atoms with E-state index in [1.54, 1.807) is 7.06 Å². The second-order valence-corrected chi connectivity index (χ2v) is 1.84. The molecule has 0 aromatic heterocycles. The van der Waals surface area contributed by atoms with Crippen LogP contribution in [0.4, 0.5) is 0 Å². The number of rotatable bonds is 2. The van der Waals surface area contributed by atoms with E-state index in [-0.39, 0.29) is 17.1 Å². The van der Waals surface area contributed by atoms with Crippen LogP contribution in [0, 0.1) is 6.08 Å². The summed E-state index contributed by atoms with van der Waals surface area (Å²) in [4.78, 5) is 0. The summed E-state index contributed by atoms with van der Waals surface area (Å²) < 4.78 is 0. The van der Waals surface area contributed by atoms with E-state index in [0.717, 1.165) is 12.7 Å². The SMILES string of the molecule is [B][B][B]CC.[C-]1=CC=CC1.[Fe]. The first kappa shape index (κ1) is 13.8. The summed E-state index contributed by atoms with van der Waals surface area (Å²) in [5, 5.41) is 0. The van der Waals surface area contributed by atoms with Gasteiger partial charge in [-0.1, -0.05) is 13.2 Å². The predicted molar refractivity (Wildman–Crippen MR) is 49.3 cm³/mol. The zero-order chi connectivity index (χ0) is 7.66. The Labute approximate surface area is 83.2 Å². The Balaban J connectivity index is 0.